The largest absolute Gasteiger partial charge is 0.454 e. The van der Waals surface area contributed by atoms with Gasteiger partial charge in [-0.05, 0) is 52.4 Å². The molecule has 0 amide bonds. The lowest BCUT2D eigenvalue weighted by atomic mass is 9.97. The van der Waals surface area contributed by atoms with Crippen molar-refractivity contribution in [3.05, 3.63) is 0 Å². The molecule has 1 atom stereocenters. The molecule has 25 heavy (non-hydrogen) atoms. The SMILES string of the molecule is CC(C)(C)OC(=O)C(=O)[C@@H]1CCCN1NCC1CCN(C(=N)N)CC1. The van der Waals surface area contributed by atoms with Crippen LogP contribution in [0.5, 0.6) is 0 Å². The lowest BCUT2D eigenvalue weighted by Crippen LogP contribution is -2.51. The van der Waals surface area contributed by atoms with Crippen LogP contribution in [0.3, 0.4) is 0 Å². The fraction of sp³-hybridized carbons (Fsp3) is 0.824. The van der Waals surface area contributed by atoms with Crippen molar-refractivity contribution in [2.24, 2.45) is 11.7 Å². The second-order valence-corrected chi connectivity index (χ2v) is 7.90. The summed E-state index contributed by atoms with van der Waals surface area (Å²) in [5.41, 5.74) is 8.20. The van der Waals surface area contributed by atoms with E-state index in [4.69, 9.17) is 15.9 Å². The minimum absolute atomic E-state index is 0.133. The highest BCUT2D eigenvalue weighted by Crippen LogP contribution is 2.20. The van der Waals surface area contributed by atoms with Crippen molar-refractivity contribution in [2.75, 3.05) is 26.2 Å². The van der Waals surface area contributed by atoms with Gasteiger partial charge in [0.2, 0.25) is 0 Å². The monoisotopic (exact) mass is 353 g/mol. The van der Waals surface area contributed by atoms with Crippen molar-refractivity contribution in [1.82, 2.24) is 15.3 Å². The number of ether oxygens (including phenoxy) is 1. The van der Waals surface area contributed by atoms with Crippen LogP contribution >= 0.6 is 0 Å². The molecule has 0 aliphatic carbocycles. The Hall–Kier alpha value is -1.67. The number of rotatable bonds is 5. The van der Waals surface area contributed by atoms with Crippen LogP contribution in [0.1, 0.15) is 46.5 Å². The Morgan fingerprint density at radius 3 is 2.40 bits per heavy atom. The minimum Gasteiger partial charge on any atom is -0.454 e. The number of nitrogens with one attached hydrogen (secondary N) is 2. The minimum atomic E-state index is -0.749. The van der Waals surface area contributed by atoms with Crippen LogP contribution < -0.4 is 11.2 Å². The quantitative estimate of drug-likeness (QED) is 0.285. The molecule has 2 saturated heterocycles. The van der Waals surface area contributed by atoms with Crippen LogP contribution in [0, 0.1) is 11.3 Å². The van der Waals surface area contributed by atoms with Gasteiger partial charge < -0.3 is 15.4 Å². The van der Waals surface area contributed by atoms with E-state index in [2.05, 4.69) is 5.43 Å². The highest BCUT2D eigenvalue weighted by atomic mass is 16.6. The molecule has 2 heterocycles. The molecule has 2 aliphatic rings. The molecule has 0 saturated carbocycles. The number of esters is 1. The average molecular weight is 353 g/mol. The van der Waals surface area contributed by atoms with Gasteiger partial charge in [0.15, 0.2) is 5.96 Å². The maximum atomic E-state index is 12.4. The van der Waals surface area contributed by atoms with Gasteiger partial charge in [-0.2, -0.15) is 0 Å². The molecule has 2 rings (SSSR count). The first kappa shape index (κ1) is 19.7. The van der Waals surface area contributed by atoms with E-state index in [-0.39, 0.29) is 5.96 Å². The number of Topliss-reactive ketones (excluding diaryl/α,β-unsaturated/α-hetero) is 1. The summed E-state index contributed by atoms with van der Waals surface area (Å²) in [6.45, 7) is 8.39. The zero-order chi connectivity index (χ0) is 18.6. The van der Waals surface area contributed by atoms with E-state index in [1.54, 1.807) is 20.8 Å². The van der Waals surface area contributed by atoms with Crippen molar-refractivity contribution in [2.45, 2.75) is 58.1 Å². The lowest BCUT2D eigenvalue weighted by Gasteiger charge is -2.33. The van der Waals surface area contributed by atoms with Gasteiger partial charge in [-0.3, -0.25) is 15.6 Å². The first-order chi connectivity index (χ1) is 11.7. The maximum Gasteiger partial charge on any atom is 0.376 e. The van der Waals surface area contributed by atoms with Gasteiger partial charge in [-0.25, -0.2) is 9.80 Å². The predicted octanol–water partition coefficient (Wildman–Crippen LogP) is 0.472. The summed E-state index contributed by atoms with van der Waals surface area (Å²) in [6.07, 6.45) is 3.49. The molecule has 8 heteroatoms. The number of hydrogen-bond acceptors (Lipinski definition) is 6. The van der Waals surface area contributed by atoms with E-state index in [1.807, 2.05) is 9.91 Å². The van der Waals surface area contributed by atoms with E-state index >= 15 is 0 Å². The lowest BCUT2D eigenvalue weighted by molar-refractivity contribution is -0.164. The summed E-state index contributed by atoms with van der Waals surface area (Å²) in [5, 5.41) is 9.36. The summed E-state index contributed by atoms with van der Waals surface area (Å²) >= 11 is 0. The first-order valence-electron chi connectivity index (χ1n) is 9.03. The Bertz CT molecular complexity index is 509. The van der Waals surface area contributed by atoms with Crippen LogP contribution in [0.4, 0.5) is 0 Å². The van der Waals surface area contributed by atoms with Crippen molar-refractivity contribution in [3.8, 4) is 0 Å². The van der Waals surface area contributed by atoms with Gasteiger partial charge in [0.1, 0.15) is 5.60 Å². The zero-order valence-corrected chi connectivity index (χ0v) is 15.5. The molecule has 2 fully saturated rings. The predicted molar refractivity (Wildman–Crippen MR) is 94.8 cm³/mol. The summed E-state index contributed by atoms with van der Waals surface area (Å²) in [7, 11) is 0. The van der Waals surface area contributed by atoms with Gasteiger partial charge in [0.05, 0.1) is 6.04 Å². The van der Waals surface area contributed by atoms with Crippen molar-refractivity contribution in [1.29, 1.82) is 5.41 Å². The van der Waals surface area contributed by atoms with Crippen molar-refractivity contribution >= 4 is 17.7 Å². The number of likely N-dealkylation sites (tertiary alicyclic amines) is 1. The molecular weight excluding hydrogens is 322 g/mol. The topological polar surface area (TPSA) is 112 Å². The average Bonchev–Trinajstić information content (AvgIpc) is 2.99. The summed E-state index contributed by atoms with van der Waals surface area (Å²) in [5.74, 6) is -0.602. The van der Waals surface area contributed by atoms with E-state index in [1.165, 1.54) is 0 Å². The number of piperidine rings is 1. The van der Waals surface area contributed by atoms with Gasteiger partial charge >= 0.3 is 5.97 Å². The smallest absolute Gasteiger partial charge is 0.376 e. The maximum absolute atomic E-state index is 12.4. The third kappa shape index (κ3) is 5.67. The third-order valence-electron chi connectivity index (χ3n) is 4.69. The Kier molecular flexibility index (Phi) is 6.40. The zero-order valence-electron chi connectivity index (χ0n) is 15.5. The Morgan fingerprint density at radius 2 is 1.84 bits per heavy atom. The molecular formula is C17H31N5O3. The third-order valence-corrected chi connectivity index (χ3v) is 4.69. The molecule has 8 nitrogen and oxygen atoms in total. The second kappa shape index (κ2) is 8.14. The van der Waals surface area contributed by atoms with E-state index in [0.717, 1.165) is 45.4 Å². The molecule has 142 valence electrons. The molecule has 0 aromatic carbocycles. The van der Waals surface area contributed by atoms with E-state index in [9.17, 15) is 9.59 Å². The molecule has 0 aromatic heterocycles. The normalized spacial score (nSPS) is 22.8. The van der Waals surface area contributed by atoms with Gasteiger partial charge in [0.25, 0.3) is 5.78 Å². The van der Waals surface area contributed by atoms with Crippen LogP contribution in [0.15, 0.2) is 0 Å². The number of ketones is 1. The molecule has 2 aliphatic heterocycles. The summed E-state index contributed by atoms with van der Waals surface area (Å²) in [4.78, 5) is 26.3. The number of nitrogens with zero attached hydrogens (tertiary/aromatic N) is 2. The summed E-state index contributed by atoms with van der Waals surface area (Å²) in [6, 6.07) is -0.438. The van der Waals surface area contributed by atoms with Crippen LogP contribution in [0.2, 0.25) is 0 Å². The number of carbonyl (C=O) groups excluding carboxylic acids is 2. The Labute approximate surface area is 149 Å². The van der Waals surface area contributed by atoms with Crippen LogP contribution in [-0.2, 0) is 14.3 Å². The summed E-state index contributed by atoms with van der Waals surface area (Å²) < 4.78 is 5.21. The highest BCUT2D eigenvalue weighted by Gasteiger charge is 2.37. The van der Waals surface area contributed by atoms with Crippen LogP contribution in [-0.4, -0.2) is 65.4 Å². The molecule has 0 aromatic rings. The number of hydrazine groups is 1. The fourth-order valence-electron chi connectivity index (χ4n) is 3.32. The molecule has 0 spiro atoms. The van der Waals surface area contributed by atoms with E-state index in [0.29, 0.717) is 12.3 Å². The standard InChI is InChI=1S/C17H31N5O3/c1-17(2,3)25-15(24)14(23)13-5-4-8-22(13)20-11-12-6-9-21(10-7-12)16(18)19/h12-13,20H,4-11H2,1-3H3,(H3,18,19)/t13-/m0/s1. The van der Waals surface area contributed by atoms with Gasteiger partial charge in [-0.1, -0.05) is 0 Å². The van der Waals surface area contributed by atoms with Gasteiger partial charge in [-0.15, -0.1) is 0 Å². The molecule has 0 unspecified atom stereocenters. The van der Waals surface area contributed by atoms with Crippen molar-refractivity contribution in [3.63, 3.8) is 0 Å². The highest BCUT2D eigenvalue weighted by molar-refractivity contribution is 6.35. The molecule has 0 bridgehead atoms. The number of carbonyl (C=O) groups is 2. The molecule has 4 N–H and O–H groups in total. The van der Waals surface area contributed by atoms with Crippen LogP contribution in [0.25, 0.3) is 0 Å². The first-order valence-corrected chi connectivity index (χ1v) is 9.03. The number of nitrogens with two attached hydrogens (primary N) is 1. The Balaban J connectivity index is 1.81. The molecule has 0 radical (unpaired) electrons. The van der Waals surface area contributed by atoms with Crippen molar-refractivity contribution < 1.29 is 14.3 Å². The fourth-order valence-corrected chi connectivity index (χ4v) is 3.32. The van der Waals surface area contributed by atoms with E-state index < -0.39 is 23.4 Å². The second-order valence-electron chi connectivity index (χ2n) is 7.90. The van der Waals surface area contributed by atoms with Gasteiger partial charge in [0, 0.05) is 26.2 Å². The number of guanidine groups is 1. The number of hydrogen-bond donors (Lipinski definition) is 3. The Morgan fingerprint density at radius 1 is 1.20 bits per heavy atom.